The van der Waals surface area contributed by atoms with Gasteiger partial charge in [-0.1, -0.05) is 24.3 Å². The Morgan fingerprint density at radius 3 is 1.90 bits per heavy atom. The number of hydrogen-bond donors (Lipinski definition) is 2. The van der Waals surface area contributed by atoms with Crippen LogP contribution in [0.5, 0.6) is 5.75 Å². The van der Waals surface area contributed by atoms with Crippen LogP contribution in [-0.4, -0.2) is 13.1 Å². The molecule has 21 heavy (non-hydrogen) atoms. The van der Waals surface area contributed by atoms with E-state index in [1.165, 1.54) is 12.1 Å². The summed E-state index contributed by atoms with van der Waals surface area (Å²) in [6.07, 6.45) is 0. The van der Waals surface area contributed by atoms with Crippen molar-refractivity contribution < 1.29 is 13.9 Å². The standard InChI is InChI=1S/C16H17FN2O2/c1-21-15-8-4-13(5-9-15)11-19-16(20)18-10-12-2-6-14(17)7-3-12/h2-9H,10-11H2,1H3,(H2,18,19,20). The van der Waals surface area contributed by atoms with E-state index in [0.29, 0.717) is 13.1 Å². The van der Waals surface area contributed by atoms with Crippen LogP contribution >= 0.6 is 0 Å². The van der Waals surface area contributed by atoms with Crippen LogP contribution in [0.3, 0.4) is 0 Å². The van der Waals surface area contributed by atoms with E-state index in [-0.39, 0.29) is 11.8 Å². The molecule has 0 spiro atoms. The van der Waals surface area contributed by atoms with E-state index in [4.69, 9.17) is 4.74 Å². The highest BCUT2D eigenvalue weighted by molar-refractivity contribution is 5.73. The number of methoxy groups -OCH3 is 1. The van der Waals surface area contributed by atoms with Crippen LogP contribution in [-0.2, 0) is 13.1 Å². The summed E-state index contributed by atoms with van der Waals surface area (Å²) in [5.41, 5.74) is 1.82. The van der Waals surface area contributed by atoms with Gasteiger partial charge in [0, 0.05) is 13.1 Å². The van der Waals surface area contributed by atoms with Crippen LogP contribution in [0.2, 0.25) is 0 Å². The molecule has 2 amide bonds. The molecule has 0 radical (unpaired) electrons. The largest absolute Gasteiger partial charge is 0.497 e. The number of ether oxygens (including phenoxy) is 1. The molecular weight excluding hydrogens is 271 g/mol. The number of amides is 2. The van der Waals surface area contributed by atoms with Crippen LogP contribution in [0.4, 0.5) is 9.18 Å². The van der Waals surface area contributed by atoms with Crippen molar-refractivity contribution in [3.8, 4) is 5.75 Å². The third-order valence-corrected chi connectivity index (χ3v) is 2.98. The van der Waals surface area contributed by atoms with E-state index < -0.39 is 0 Å². The molecule has 4 nitrogen and oxygen atoms in total. The van der Waals surface area contributed by atoms with Gasteiger partial charge in [-0.15, -0.1) is 0 Å². The van der Waals surface area contributed by atoms with Gasteiger partial charge in [0.2, 0.25) is 0 Å². The Balaban J connectivity index is 1.75. The first-order chi connectivity index (χ1) is 10.2. The fourth-order valence-corrected chi connectivity index (χ4v) is 1.77. The number of halogens is 1. The zero-order chi connectivity index (χ0) is 15.1. The molecule has 110 valence electrons. The van der Waals surface area contributed by atoms with Gasteiger partial charge in [0.1, 0.15) is 11.6 Å². The number of carbonyl (C=O) groups excluding carboxylic acids is 1. The van der Waals surface area contributed by atoms with Crippen LogP contribution in [0.1, 0.15) is 11.1 Å². The number of carbonyl (C=O) groups is 1. The van der Waals surface area contributed by atoms with Gasteiger partial charge in [0.25, 0.3) is 0 Å². The number of rotatable bonds is 5. The van der Waals surface area contributed by atoms with Crippen LogP contribution < -0.4 is 15.4 Å². The van der Waals surface area contributed by atoms with E-state index in [1.54, 1.807) is 19.2 Å². The molecular formula is C16H17FN2O2. The molecule has 0 aliphatic heterocycles. The smallest absolute Gasteiger partial charge is 0.315 e. The molecule has 0 aliphatic carbocycles. The lowest BCUT2D eigenvalue weighted by Gasteiger charge is -2.08. The molecule has 0 aromatic heterocycles. The zero-order valence-electron chi connectivity index (χ0n) is 11.7. The summed E-state index contributed by atoms with van der Waals surface area (Å²) in [7, 11) is 1.61. The Bertz CT molecular complexity index is 582. The van der Waals surface area contributed by atoms with Crippen molar-refractivity contribution in [3.05, 3.63) is 65.5 Å². The quantitative estimate of drug-likeness (QED) is 0.889. The summed E-state index contributed by atoms with van der Waals surface area (Å²) in [5, 5.41) is 5.47. The molecule has 5 heteroatoms. The molecule has 0 aliphatic rings. The number of benzene rings is 2. The summed E-state index contributed by atoms with van der Waals surface area (Å²) in [6, 6.07) is 13.2. The molecule has 0 fully saturated rings. The van der Waals surface area contributed by atoms with Gasteiger partial charge in [-0.05, 0) is 35.4 Å². The Labute approximate surface area is 122 Å². The topological polar surface area (TPSA) is 50.4 Å². The maximum absolute atomic E-state index is 12.7. The lowest BCUT2D eigenvalue weighted by atomic mass is 10.2. The summed E-state index contributed by atoms with van der Waals surface area (Å²) in [5.74, 6) is 0.488. The highest BCUT2D eigenvalue weighted by Gasteiger charge is 2.01. The molecule has 2 rings (SSSR count). The minimum absolute atomic E-state index is 0.268. The molecule has 2 aromatic rings. The third kappa shape index (κ3) is 4.80. The summed E-state index contributed by atoms with van der Waals surface area (Å²) in [6.45, 7) is 0.786. The summed E-state index contributed by atoms with van der Waals surface area (Å²) < 4.78 is 17.8. The van der Waals surface area contributed by atoms with Gasteiger partial charge in [-0.25, -0.2) is 9.18 Å². The van der Waals surface area contributed by atoms with Crippen LogP contribution in [0.25, 0.3) is 0 Å². The van der Waals surface area contributed by atoms with Gasteiger partial charge in [-0.3, -0.25) is 0 Å². The first-order valence-corrected chi connectivity index (χ1v) is 6.56. The van der Waals surface area contributed by atoms with E-state index in [2.05, 4.69) is 10.6 Å². The highest BCUT2D eigenvalue weighted by Crippen LogP contribution is 2.10. The van der Waals surface area contributed by atoms with Crippen molar-refractivity contribution in [2.24, 2.45) is 0 Å². The van der Waals surface area contributed by atoms with Crippen LogP contribution in [0, 0.1) is 5.82 Å². The minimum atomic E-state index is -0.289. The molecule has 0 heterocycles. The second-order valence-electron chi connectivity index (χ2n) is 4.51. The molecule has 2 aromatic carbocycles. The lowest BCUT2D eigenvalue weighted by Crippen LogP contribution is -2.34. The second kappa shape index (κ2) is 7.28. The number of urea groups is 1. The molecule has 2 N–H and O–H groups in total. The average molecular weight is 288 g/mol. The molecule has 0 saturated heterocycles. The van der Waals surface area contributed by atoms with Crippen LogP contribution in [0.15, 0.2) is 48.5 Å². The Morgan fingerprint density at radius 2 is 1.43 bits per heavy atom. The minimum Gasteiger partial charge on any atom is -0.497 e. The maximum Gasteiger partial charge on any atom is 0.315 e. The lowest BCUT2D eigenvalue weighted by molar-refractivity contribution is 0.240. The Kier molecular flexibility index (Phi) is 5.15. The van der Waals surface area contributed by atoms with Crippen molar-refractivity contribution in [1.82, 2.24) is 10.6 Å². The maximum atomic E-state index is 12.7. The highest BCUT2D eigenvalue weighted by atomic mass is 19.1. The third-order valence-electron chi connectivity index (χ3n) is 2.98. The van der Waals surface area contributed by atoms with Gasteiger partial charge in [0.05, 0.1) is 7.11 Å². The monoisotopic (exact) mass is 288 g/mol. The SMILES string of the molecule is COc1ccc(CNC(=O)NCc2ccc(F)cc2)cc1. The van der Waals surface area contributed by atoms with Crippen molar-refractivity contribution in [2.75, 3.05) is 7.11 Å². The van der Waals surface area contributed by atoms with Crippen molar-refractivity contribution in [1.29, 1.82) is 0 Å². The molecule has 0 bridgehead atoms. The van der Waals surface area contributed by atoms with Crippen molar-refractivity contribution in [2.45, 2.75) is 13.1 Å². The van der Waals surface area contributed by atoms with E-state index in [1.807, 2.05) is 24.3 Å². The summed E-state index contributed by atoms with van der Waals surface area (Å²) >= 11 is 0. The summed E-state index contributed by atoms with van der Waals surface area (Å²) in [4.78, 5) is 11.7. The van der Waals surface area contributed by atoms with Gasteiger partial charge in [0.15, 0.2) is 0 Å². The predicted molar refractivity (Wildman–Crippen MR) is 78.5 cm³/mol. The van der Waals surface area contributed by atoms with E-state index in [0.717, 1.165) is 16.9 Å². The predicted octanol–water partition coefficient (Wildman–Crippen LogP) is 2.83. The fourth-order valence-electron chi connectivity index (χ4n) is 1.77. The average Bonchev–Trinajstić information content (AvgIpc) is 2.53. The van der Waals surface area contributed by atoms with Gasteiger partial charge >= 0.3 is 6.03 Å². The number of nitrogens with one attached hydrogen (secondary N) is 2. The van der Waals surface area contributed by atoms with Crippen molar-refractivity contribution >= 4 is 6.03 Å². The molecule has 0 saturated carbocycles. The van der Waals surface area contributed by atoms with E-state index >= 15 is 0 Å². The Hall–Kier alpha value is -2.56. The zero-order valence-corrected chi connectivity index (χ0v) is 11.7. The first-order valence-electron chi connectivity index (χ1n) is 6.56. The first kappa shape index (κ1) is 14.8. The Morgan fingerprint density at radius 1 is 0.952 bits per heavy atom. The van der Waals surface area contributed by atoms with Gasteiger partial charge in [-0.2, -0.15) is 0 Å². The molecule has 0 unspecified atom stereocenters. The number of hydrogen-bond acceptors (Lipinski definition) is 2. The second-order valence-corrected chi connectivity index (χ2v) is 4.51. The van der Waals surface area contributed by atoms with E-state index in [9.17, 15) is 9.18 Å². The molecule has 0 atom stereocenters. The van der Waals surface area contributed by atoms with Crippen molar-refractivity contribution in [3.63, 3.8) is 0 Å². The fraction of sp³-hybridized carbons (Fsp3) is 0.188. The van der Waals surface area contributed by atoms with Gasteiger partial charge < -0.3 is 15.4 Å². The normalized spacial score (nSPS) is 10.0.